The molecular formula is C11H13ClF2N2O2. The lowest BCUT2D eigenvalue weighted by Crippen LogP contribution is -2.38. The van der Waals surface area contributed by atoms with Gasteiger partial charge in [-0.2, -0.15) is 8.78 Å². The fraction of sp³-hybridized carbons (Fsp3) is 0.455. The van der Waals surface area contributed by atoms with E-state index in [1.54, 1.807) is 6.92 Å². The van der Waals surface area contributed by atoms with Crippen LogP contribution in [0.3, 0.4) is 0 Å². The molecule has 1 heterocycles. The number of ether oxygens (including phenoxy) is 1. The van der Waals surface area contributed by atoms with E-state index >= 15 is 0 Å². The molecule has 0 aliphatic rings. The fourth-order valence-corrected chi connectivity index (χ4v) is 1.35. The van der Waals surface area contributed by atoms with Crippen molar-refractivity contribution < 1.29 is 18.3 Å². The normalized spacial score (nSPS) is 11.2. The van der Waals surface area contributed by atoms with Crippen molar-refractivity contribution in [2.45, 2.75) is 19.8 Å². The first-order valence-corrected chi connectivity index (χ1v) is 5.65. The Labute approximate surface area is 108 Å². The van der Waals surface area contributed by atoms with Crippen molar-refractivity contribution in [2.24, 2.45) is 0 Å². The number of hydrogen-bond acceptors (Lipinski definition) is 4. The molecule has 0 fully saturated rings. The zero-order valence-corrected chi connectivity index (χ0v) is 10.7. The molecule has 0 atom stereocenters. The molecule has 1 aromatic rings. The van der Waals surface area contributed by atoms with Crippen LogP contribution in [0.5, 0.6) is 0 Å². The first-order chi connectivity index (χ1) is 8.38. The van der Waals surface area contributed by atoms with Gasteiger partial charge in [0.1, 0.15) is 0 Å². The van der Waals surface area contributed by atoms with Gasteiger partial charge in [0.2, 0.25) is 0 Å². The average molecular weight is 279 g/mol. The topological polar surface area (TPSA) is 51.2 Å². The van der Waals surface area contributed by atoms with Crippen LogP contribution < -0.4 is 5.32 Å². The van der Waals surface area contributed by atoms with Crippen molar-refractivity contribution in [1.29, 1.82) is 0 Å². The Morgan fingerprint density at radius 1 is 1.56 bits per heavy atom. The molecule has 0 aliphatic heterocycles. The standard InChI is InChI=1S/C11H13ClF2N2O2/c1-3-18-10(17)11(13,14)6-16-9-5-15-4-8(12)7(9)2/h4-5,16H,3,6H2,1-2H3. The predicted molar refractivity (Wildman–Crippen MR) is 64.1 cm³/mol. The maximum Gasteiger partial charge on any atom is 0.378 e. The quantitative estimate of drug-likeness (QED) is 0.841. The molecule has 7 heteroatoms. The lowest BCUT2D eigenvalue weighted by atomic mass is 10.2. The number of rotatable bonds is 5. The summed E-state index contributed by atoms with van der Waals surface area (Å²) in [6.45, 7) is 2.17. The number of carbonyl (C=O) groups excluding carboxylic acids is 1. The van der Waals surface area contributed by atoms with Crippen LogP contribution in [0.15, 0.2) is 12.4 Å². The minimum atomic E-state index is -3.59. The van der Waals surface area contributed by atoms with E-state index < -0.39 is 18.4 Å². The molecule has 100 valence electrons. The molecule has 0 saturated carbocycles. The molecule has 0 radical (unpaired) electrons. The number of nitrogens with one attached hydrogen (secondary N) is 1. The van der Waals surface area contributed by atoms with Gasteiger partial charge in [0.25, 0.3) is 0 Å². The Morgan fingerprint density at radius 3 is 2.83 bits per heavy atom. The Bertz CT molecular complexity index is 441. The van der Waals surface area contributed by atoms with Crippen molar-refractivity contribution in [3.8, 4) is 0 Å². The van der Waals surface area contributed by atoms with Gasteiger partial charge < -0.3 is 10.1 Å². The lowest BCUT2D eigenvalue weighted by Gasteiger charge is -2.17. The molecule has 4 nitrogen and oxygen atoms in total. The van der Waals surface area contributed by atoms with Crippen LogP contribution in [0.4, 0.5) is 14.5 Å². The van der Waals surface area contributed by atoms with Crippen LogP contribution in [0.2, 0.25) is 5.02 Å². The van der Waals surface area contributed by atoms with E-state index in [2.05, 4.69) is 15.0 Å². The van der Waals surface area contributed by atoms with Crippen molar-refractivity contribution >= 4 is 23.3 Å². The Hall–Kier alpha value is -1.43. The molecular weight excluding hydrogens is 266 g/mol. The van der Waals surface area contributed by atoms with Crippen molar-refractivity contribution in [3.05, 3.63) is 23.0 Å². The molecule has 1 rings (SSSR count). The summed E-state index contributed by atoms with van der Waals surface area (Å²) < 4.78 is 30.9. The number of halogens is 3. The average Bonchev–Trinajstić information content (AvgIpc) is 2.31. The van der Waals surface area contributed by atoms with E-state index in [1.807, 2.05) is 0 Å². The number of nitrogens with zero attached hydrogens (tertiary/aromatic N) is 1. The van der Waals surface area contributed by atoms with E-state index in [0.29, 0.717) is 16.3 Å². The second kappa shape index (κ2) is 5.95. The summed E-state index contributed by atoms with van der Waals surface area (Å²) in [5.41, 5.74) is 0.942. The van der Waals surface area contributed by atoms with Gasteiger partial charge in [-0.3, -0.25) is 4.98 Å². The van der Waals surface area contributed by atoms with E-state index in [9.17, 15) is 13.6 Å². The molecule has 1 aromatic heterocycles. The zero-order valence-electron chi connectivity index (χ0n) is 9.97. The SMILES string of the molecule is CCOC(=O)C(F)(F)CNc1cncc(Cl)c1C. The highest BCUT2D eigenvalue weighted by Crippen LogP contribution is 2.23. The Balaban J connectivity index is 2.70. The molecule has 0 amide bonds. The smallest absolute Gasteiger partial charge is 0.378 e. The second-order valence-corrected chi connectivity index (χ2v) is 3.98. The number of pyridine rings is 1. The summed E-state index contributed by atoms with van der Waals surface area (Å²) >= 11 is 5.79. The highest BCUT2D eigenvalue weighted by atomic mass is 35.5. The third-order valence-electron chi connectivity index (χ3n) is 2.23. The number of anilines is 1. The number of hydrogen-bond donors (Lipinski definition) is 1. The molecule has 0 unspecified atom stereocenters. The van der Waals surface area contributed by atoms with Gasteiger partial charge in [0.05, 0.1) is 30.1 Å². The number of esters is 1. The maximum atomic E-state index is 13.3. The lowest BCUT2D eigenvalue weighted by molar-refractivity contribution is -0.169. The van der Waals surface area contributed by atoms with E-state index in [4.69, 9.17) is 11.6 Å². The maximum absolute atomic E-state index is 13.3. The van der Waals surface area contributed by atoms with Gasteiger partial charge in [-0.25, -0.2) is 4.79 Å². The fourth-order valence-electron chi connectivity index (χ4n) is 1.19. The summed E-state index contributed by atoms with van der Waals surface area (Å²) in [4.78, 5) is 14.8. The largest absolute Gasteiger partial charge is 0.462 e. The predicted octanol–water partition coefficient (Wildman–Crippen LogP) is 2.65. The Morgan fingerprint density at radius 2 is 2.22 bits per heavy atom. The van der Waals surface area contributed by atoms with E-state index in [-0.39, 0.29) is 6.61 Å². The molecule has 0 spiro atoms. The molecule has 1 N–H and O–H groups in total. The summed E-state index contributed by atoms with van der Waals surface area (Å²) in [5.74, 6) is -5.14. The first-order valence-electron chi connectivity index (χ1n) is 5.27. The number of alkyl halides is 2. The van der Waals surface area contributed by atoms with E-state index in [0.717, 1.165) is 0 Å². The van der Waals surface area contributed by atoms with Gasteiger partial charge in [-0.1, -0.05) is 11.6 Å². The number of carbonyl (C=O) groups is 1. The van der Waals surface area contributed by atoms with Gasteiger partial charge in [-0.15, -0.1) is 0 Å². The van der Waals surface area contributed by atoms with Crippen LogP contribution in [-0.4, -0.2) is 30.0 Å². The zero-order chi connectivity index (χ0) is 13.8. The van der Waals surface area contributed by atoms with Crippen LogP contribution in [0, 0.1) is 6.92 Å². The van der Waals surface area contributed by atoms with Crippen molar-refractivity contribution in [1.82, 2.24) is 4.98 Å². The summed E-state index contributed by atoms with van der Waals surface area (Å²) in [6.07, 6.45) is 2.77. The highest BCUT2D eigenvalue weighted by molar-refractivity contribution is 6.31. The van der Waals surface area contributed by atoms with Crippen LogP contribution >= 0.6 is 11.6 Å². The molecule has 0 bridgehead atoms. The summed E-state index contributed by atoms with van der Waals surface area (Å²) in [5, 5.41) is 2.80. The monoisotopic (exact) mass is 278 g/mol. The van der Waals surface area contributed by atoms with Crippen molar-refractivity contribution in [2.75, 3.05) is 18.5 Å². The third-order valence-corrected chi connectivity index (χ3v) is 2.61. The molecule has 18 heavy (non-hydrogen) atoms. The third kappa shape index (κ3) is 3.53. The minimum Gasteiger partial charge on any atom is -0.462 e. The highest BCUT2D eigenvalue weighted by Gasteiger charge is 2.40. The molecule has 0 aromatic carbocycles. The summed E-state index contributed by atoms with van der Waals surface area (Å²) in [7, 11) is 0. The van der Waals surface area contributed by atoms with Crippen molar-refractivity contribution in [3.63, 3.8) is 0 Å². The second-order valence-electron chi connectivity index (χ2n) is 3.57. The molecule has 0 saturated heterocycles. The molecule has 0 aliphatic carbocycles. The van der Waals surface area contributed by atoms with Gasteiger partial charge in [0, 0.05) is 6.20 Å². The van der Waals surface area contributed by atoms with Gasteiger partial charge in [0.15, 0.2) is 0 Å². The van der Waals surface area contributed by atoms with Gasteiger partial charge in [-0.05, 0) is 19.4 Å². The first kappa shape index (κ1) is 14.6. The van der Waals surface area contributed by atoms with Gasteiger partial charge >= 0.3 is 11.9 Å². The summed E-state index contributed by atoms with van der Waals surface area (Å²) in [6, 6.07) is 0. The van der Waals surface area contributed by atoms with E-state index in [1.165, 1.54) is 19.3 Å². The van der Waals surface area contributed by atoms with Crippen LogP contribution in [0.25, 0.3) is 0 Å². The Kier molecular flexibility index (Phi) is 4.84. The van der Waals surface area contributed by atoms with Crippen LogP contribution in [0.1, 0.15) is 12.5 Å². The van der Waals surface area contributed by atoms with Crippen LogP contribution in [-0.2, 0) is 9.53 Å². The number of aromatic nitrogens is 1. The minimum absolute atomic E-state index is 0.0911.